The van der Waals surface area contributed by atoms with Gasteiger partial charge in [0, 0.05) is 12.2 Å². The van der Waals surface area contributed by atoms with Crippen molar-refractivity contribution in [2.24, 2.45) is 0 Å². The molecule has 3 heterocycles. The molecule has 0 saturated carbocycles. The van der Waals surface area contributed by atoms with E-state index in [2.05, 4.69) is 10.3 Å². The number of sulfone groups is 1. The molecular weight excluding hydrogens is 456 g/mol. The van der Waals surface area contributed by atoms with E-state index in [1.807, 2.05) is 13.0 Å². The number of rotatable bonds is 5. The number of ether oxygens (including phenoxy) is 1. The summed E-state index contributed by atoms with van der Waals surface area (Å²) in [6, 6.07) is 11.9. The molecule has 1 amide bonds. The second-order valence-corrected chi connectivity index (χ2v) is 10.4. The van der Waals surface area contributed by atoms with Gasteiger partial charge in [0.15, 0.2) is 9.84 Å². The van der Waals surface area contributed by atoms with Crippen LogP contribution in [0.4, 0.5) is 0 Å². The van der Waals surface area contributed by atoms with Crippen molar-refractivity contribution in [3.8, 4) is 17.7 Å². The number of aromatic nitrogens is 2. The Bertz CT molecular complexity index is 1530. The zero-order valence-corrected chi connectivity index (χ0v) is 19.4. The second-order valence-electron chi connectivity index (χ2n) is 8.18. The van der Waals surface area contributed by atoms with Crippen molar-refractivity contribution >= 4 is 27.5 Å². The van der Waals surface area contributed by atoms with E-state index < -0.39 is 27.3 Å². The fourth-order valence-corrected chi connectivity index (χ4v) is 5.42. The van der Waals surface area contributed by atoms with Crippen molar-refractivity contribution in [1.82, 2.24) is 14.7 Å². The van der Waals surface area contributed by atoms with Crippen molar-refractivity contribution in [2.75, 3.05) is 11.5 Å². The van der Waals surface area contributed by atoms with Gasteiger partial charge in [-0.1, -0.05) is 18.2 Å². The minimum absolute atomic E-state index is 0.0205. The monoisotopic (exact) mass is 478 g/mol. The van der Waals surface area contributed by atoms with E-state index in [4.69, 9.17) is 4.74 Å². The number of fused-ring (bicyclic) bond motifs is 1. The summed E-state index contributed by atoms with van der Waals surface area (Å²) in [4.78, 5) is 30.6. The van der Waals surface area contributed by atoms with Gasteiger partial charge in [0.25, 0.3) is 11.5 Å². The lowest BCUT2D eigenvalue weighted by Gasteiger charge is -2.13. The Morgan fingerprint density at radius 2 is 2.09 bits per heavy atom. The van der Waals surface area contributed by atoms with Gasteiger partial charge < -0.3 is 10.1 Å². The van der Waals surface area contributed by atoms with E-state index in [0.29, 0.717) is 11.4 Å². The Morgan fingerprint density at radius 1 is 1.29 bits per heavy atom. The molecule has 1 fully saturated rings. The molecule has 174 valence electrons. The third kappa shape index (κ3) is 4.84. The Kier molecular flexibility index (Phi) is 6.22. The Balaban J connectivity index is 1.79. The number of pyridine rings is 1. The molecule has 1 aromatic carbocycles. The summed E-state index contributed by atoms with van der Waals surface area (Å²) in [6.07, 6.45) is 2.95. The number of nitriles is 1. The van der Waals surface area contributed by atoms with Crippen LogP contribution in [0.25, 0.3) is 11.7 Å². The van der Waals surface area contributed by atoms with Crippen LogP contribution in [0, 0.1) is 25.2 Å². The van der Waals surface area contributed by atoms with Gasteiger partial charge >= 0.3 is 0 Å². The molecular formula is C24H22N4O5S. The normalized spacial score (nSPS) is 17.3. The number of nitrogens with zero attached hydrogens (tertiary/aromatic N) is 3. The van der Waals surface area contributed by atoms with E-state index in [-0.39, 0.29) is 34.9 Å². The van der Waals surface area contributed by atoms with Crippen LogP contribution in [0.3, 0.4) is 0 Å². The predicted molar refractivity (Wildman–Crippen MR) is 126 cm³/mol. The first kappa shape index (κ1) is 23.2. The van der Waals surface area contributed by atoms with Crippen molar-refractivity contribution in [3.63, 3.8) is 0 Å². The highest BCUT2D eigenvalue weighted by molar-refractivity contribution is 7.91. The summed E-state index contributed by atoms with van der Waals surface area (Å²) in [5.41, 5.74) is 1.11. The molecule has 1 aliphatic rings. The summed E-state index contributed by atoms with van der Waals surface area (Å²) in [6.45, 7) is 3.69. The van der Waals surface area contributed by atoms with Gasteiger partial charge in [-0.05, 0) is 55.7 Å². The third-order valence-corrected chi connectivity index (χ3v) is 7.24. The van der Waals surface area contributed by atoms with Crippen molar-refractivity contribution in [1.29, 1.82) is 5.26 Å². The number of hydrogen-bond acceptors (Lipinski definition) is 7. The van der Waals surface area contributed by atoms with Crippen LogP contribution in [-0.2, 0) is 14.6 Å². The van der Waals surface area contributed by atoms with E-state index in [1.165, 1.54) is 4.40 Å². The number of hydrogen-bond donors (Lipinski definition) is 1. The van der Waals surface area contributed by atoms with Crippen molar-refractivity contribution < 1.29 is 17.9 Å². The summed E-state index contributed by atoms with van der Waals surface area (Å²) in [5, 5.41) is 12.2. The van der Waals surface area contributed by atoms with E-state index in [9.17, 15) is 23.3 Å². The van der Waals surface area contributed by atoms with Gasteiger partial charge in [-0.3, -0.25) is 14.0 Å². The fraction of sp³-hybridized carbons (Fsp3) is 0.250. The zero-order chi connectivity index (χ0) is 24.5. The molecule has 10 heteroatoms. The van der Waals surface area contributed by atoms with E-state index in [0.717, 1.165) is 17.2 Å². The van der Waals surface area contributed by atoms with Crippen molar-refractivity contribution in [3.05, 3.63) is 75.2 Å². The molecule has 1 N–H and O–H groups in total. The van der Waals surface area contributed by atoms with Gasteiger partial charge in [0.2, 0.25) is 5.88 Å². The maximum absolute atomic E-state index is 13.3. The molecule has 0 unspecified atom stereocenters. The topological polar surface area (TPSA) is 131 Å². The molecule has 0 spiro atoms. The summed E-state index contributed by atoms with van der Waals surface area (Å²) in [7, 11) is -3.21. The maximum Gasteiger partial charge on any atom is 0.269 e. The number of carbonyl (C=O) groups is 1. The van der Waals surface area contributed by atoms with Crippen molar-refractivity contribution in [2.45, 2.75) is 26.3 Å². The molecule has 2 aromatic heterocycles. The average molecular weight is 479 g/mol. The first-order chi connectivity index (χ1) is 16.2. The zero-order valence-electron chi connectivity index (χ0n) is 18.6. The molecule has 4 rings (SSSR count). The van der Waals surface area contributed by atoms with Crippen LogP contribution in [0.5, 0.6) is 11.6 Å². The number of aryl methyl sites for hydroxylation is 2. The Labute approximate surface area is 196 Å². The summed E-state index contributed by atoms with van der Waals surface area (Å²) < 4.78 is 30.6. The number of amides is 1. The summed E-state index contributed by atoms with van der Waals surface area (Å²) in [5.74, 6) is -0.571. The van der Waals surface area contributed by atoms with Crippen LogP contribution >= 0.6 is 0 Å². The number of nitrogens with one attached hydrogen (secondary N) is 1. The molecule has 3 aromatic rings. The first-order valence-corrected chi connectivity index (χ1v) is 12.4. The highest BCUT2D eigenvalue weighted by Crippen LogP contribution is 2.25. The maximum atomic E-state index is 13.3. The van der Waals surface area contributed by atoms with E-state index in [1.54, 1.807) is 49.5 Å². The third-order valence-electron chi connectivity index (χ3n) is 5.47. The van der Waals surface area contributed by atoms with Gasteiger partial charge in [-0.25, -0.2) is 8.42 Å². The summed E-state index contributed by atoms with van der Waals surface area (Å²) >= 11 is 0. The van der Waals surface area contributed by atoms with Crippen LogP contribution in [0.15, 0.2) is 53.0 Å². The smallest absolute Gasteiger partial charge is 0.269 e. The van der Waals surface area contributed by atoms with Gasteiger partial charge in [-0.2, -0.15) is 10.2 Å². The minimum Gasteiger partial charge on any atom is -0.438 e. The number of carbonyl (C=O) groups excluding carboxylic acids is 1. The van der Waals surface area contributed by atoms with Gasteiger partial charge in [0.05, 0.1) is 11.5 Å². The molecule has 1 saturated heterocycles. The van der Waals surface area contributed by atoms with Crippen LogP contribution in [0.2, 0.25) is 0 Å². The Morgan fingerprint density at radius 3 is 2.76 bits per heavy atom. The van der Waals surface area contributed by atoms with Crippen LogP contribution in [0.1, 0.15) is 23.1 Å². The standard InChI is InChI=1S/C24H22N4O5S/c1-15-5-3-7-19(11-15)33-23-20(24(30)28-9-4-6-16(2)21(28)27-23)12-17(13-25)22(29)26-18-8-10-34(31,32)14-18/h3-7,9,11-12,18H,8,10,14H2,1-2H3,(H,26,29)/b17-12+/t18-/m1/s1. The van der Waals surface area contributed by atoms with Gasteiger partial charge in [-0.15, -0.1) is 0 Å². The first-order valence-electron chi connectivity index (χ1n) is 10.6. The van der Waals surface area contributed by atoms with E-state index >= 15 is 0 Å². The lowest BCUT2D eigenvalue weighted by molar-refractivity contribution is -0.117. The lowest BCUT2D eigenvalue weighted by Crippen LogP contribution is -2.36. The quantitative estimate of drug-likeness (QED) is 0.440. The SMILES string of the molecule is Cc1cccc(Oc2nc3c(C)cccn3c(=O)c2/C=C(\C#N)C(=O)N[C@@H]2CCS(=O)(=O)C2)c1. The molecule has 9 nitrogen and oxygen atoms in total. The molecule has 0 bridgehead atoms. The lowest BCUT2D eigenvalue weighted by atomic mass is 10.1. The second kappa shape index (κ2) is 9.11. The molecule has 1 aliphatic heterocycles. The molecule has 1 atom stereocenters. The van der Waals surface area contributed by atoms with Gasteiger partial charge in [0.1, 0.15) is 28.6 Å². The molecule has 0 radical (unpaired) electrons. The molecule has 34 heavy (non-hydrogen) atoms. The number of benzene rings is 1. The highest BCUT2D eigenvalue weighted by Gasteiger charge is 2.30. The van der Waals surface area contributed by atoms with Crippen LogP contribution in [-0.4, -0.2) is 41.3 Å². The fourth-order valence-electron chi connectivity index (χ4n) is 3.75. The molecule has 0 aliphatic carbocycles. The predicted octanol–water partition coefficient (Wildman–Crippen LogP) is 2.31. The average Bonchev–Trinajstić information content (AvgIpc) is 3.12. The minimum atomic E-state index is -3.21. The van der Waals surface area contributed by atoms with Crippen LogP contribution < -0.4 is 15.6 Å². The highest BCUT2D eigenvalue weighted by atomic mass is 32.2. The largest absolute Gasteiger partial charge is 0.438 e. The Hall–Kier alpha value is -3.97.